The van der Waals surface area contributed by atoms with Crippen molar-refractivity contribution >= 4 is 23.5 Å². The summed E-state index contributed by atoms with van der Waals surface area (Å²) in [5, 5.41) is 19.6. The summed E-state index contributed by atoms with van der Waals surface area (Å²) in [4.78, 5) is 17.2. The van der Waals surface area contributed by atoms with Gasteiger partial charge in [-0.05, 0) is 39.2 Å². The number of aliphatic hydroxyl groups is 1. The molecule has 1 N–H and O–H groups in total. The standard InChI is InChI=1S/C24H31ClN4O3/c1-17-20(25)14-21(27-26-17)28-12-7-10-19(15-28)29-13-11-24(32-22(29)30,16-23(2,3)31)18-8-5-4-6-9-18/h4-6,8-9,14,19,31H,7,10-13,15-16H2,1-3H3/t19-,24-/m0/s1. The van der Waals surface area contributed by atoms with Crippen LogP contribution >= 0.6 is 11.6 Å². The Hall–Kier alpha value is -2.38. The monoisotopic (exact) mass is 458 g/mol. The van der Waals surface area contributed by atoms with Crippen LogP contribution in [-0.4, -0.2) is 57.6 Å². The molecule has 32 heavy (non-hydrogen) atoms. The first kappa shape index (κ1) is 22.8. The van der Waals surface area contributed by atoms with Crippen LogP contribution in [0.4, 0.5) is 10.6 Å². The smallest absolute Gasteiger partial charge is 0.410 e. The van der Waals surface area contributed by atoms with E-state index in [4.69, 9.17) is 16.3 Å². The summed E-state index contributed by atoms with van der Waals surface area (Å²) in [6.07, 6.45) is 2.48. The van der Waals surface area contributed by atoms with E-state index in [1.54, 1.807) is 13.8 Å². The third-order valence-electron chi connectivity index (χ3n) is 6.36. The Kier molecular flexibility index (Phi) is 6.32. The second kappa shape index (κ2) is 8.87. The van der Waals surface area contributed by atoms with Crippen LogP contribution in [0.15, 0.2) is 36.4 Å². The first-order valence-corrected chi connectivity index (χ1v) is 11.6. The Labute approximate surface area is 194 Å². The number of rotatable bonds is 5. The fourth-order valence-electron chi connectivity index (χ4n) is 4.86. The molecule has 0 aliphatic carbocycles. The van der Waals surface area contributed by atoms with Gasteiger partial charge in [0.15, 0.2) is 5.82 Å². The van der Waals surface area contributed by atoms with Crippen LogP contribution in [-0.2, 0) is 10.3 Å². The van der Waals surface area contributed by atoms with Crippen molar-refractivity contribution in [2.24, 2.45) is 0 Å². The molecule has 0 unspecified atom stereocenters. The maximum atomic E-state index is 13.3. The van der Waals surface area contributed by atoms with Crippen LogP contribution in [0.25, 0.3) is 0 Å². The Morgan fingerprint density at radius 3 is 2.66 bits per heavy atom. The van der Waals surface area contributed by atoms with Gasteiger partial charge in [-0.15, -0.1) is 5.10 Å². The van der Waals surface area contributed by atoms with Crippen molar-refractivity contribution in [3.8, 4) is 0 Å². The summed E-state index contributed by atoms with van der Waals surface area (Å²) in [5.41, 5.74) is -0.182. The first-order chi connectivity index (χ1) is 15.2. The van der Waals surface area contributed by atoms with Gasteiger partial charge in [-0.3, -0.25) is 0 Å². The van der Waals surface area contributed by atoms with Gasteiger partial charge in [0.2, 0.25) is 0 Å². The topological polar surface area (TPSA) is 78.8 Å². The molecular weight excluding hydrogens is 428 g/mol. The largest absolute Gasteiger partial charge is 0.438 e. The third-order valence-corrected chi connectivity index (χ3v) is 6.74. The van der Waals surface area contributed by atoms with Crippen LogP contribution < -0.4 is 4.90 Å². The highest BCUT2D eigenvalue weighted by Crippen LogP contribution is 2.41. The maximum absolute atomic E-state index is 13.3. The molecule has 0 saturated carbocycles. The van der Waals surface area contributed by atoms with Crippen molar-refractivity contribution in [1.82, 2.24) is 15.1 Å². The van der Waals surface area contributed by atoms with E-state index in [0.29, 0.717) is 36.6 Å². The minimum Gasteiger partial charge on any atom is -0.438 e. The molecular formula is C24H31ClN4O3. The molecule has 0 bridgehead atoms. The lowest BCUT2D eigenvalue weighted by molar-refractivity contribution is -0.102. The number of aryl methyl sites for hydroxylation is 1. The number of amides is 1. The summed E-state index contributed by atoms with van der Waals surface area (Å²) in [6.45, 7) is 7.42. The van der Waals surface area contributed by atoms with Gasteiger partial charge in [0.1, 0.15) is 5.60 Å². The number of cyclic esters (lactones) is 1. The Balaban J connectivity index is 1.51. The lowest BCUT2D eigenvalue weighted by atomic mass is 9.80. The zero-order chi connectivity index (χ0) is 22.9. The number of carbonyl (C=O) groups is 1. The summed E-state index contributed by atoms with van der Waals surface area (Å²) < 4.78 is 6.14. The van der Waals surface area contributed by atoms with E-state index < -0.39 is 11.2 Å². The second-order valence-electron chi connectivity index (χ2n) is 9.54. The molecule has 8 heteroatoms. The molecule has 2 aliphatic rings. The van der Waals surface area contributed by atoms with Crippen LogP contribution in [0.2, 0.25) is 5.02 Å². The molecule has 1 aromatic heterocycles. The van der Waals surface area contributed by atoms with Gasteiger partial charge in [0.05, 0.1) is 22.4 Å². The molecule has 172 valence electrons. The van der Waals surface area contributed by atoms with E-state index in [1.165, 1.54) is 0 Å². The minimum atomic E-state index is -0.969. The zero-order valence-electron chi connectivity index (χ0n) is 18.9. The lowest BCUT2D eigenvalue weighted by Gasteiger charge is -2.47. The van der Waals surface area contributed by atoms with Crippen molar-refractivity contribution in [2.75, 3.05) is 24.5 Å². The van der Waals surface area contributed by atoms with Gasteiger partial charge in [0, 0.05) is 38.5 Å². The van der Waals surface area contributed by atoms with E-state index in [1.807, 2.05) is 48.2 Å². The molecule has 1 aromatic carbocycles. The van der Waals surface area contributed by atoms with Crippen LogP contribution in [0.1, 0.15) is 50.8 Å². The van der Waals surface area contributed by atoms with E-state index >= 15 is 0 Å². The summed E-state index contributed by atoms with van der Waals surface area (Å²) in [6, 6.07) is 11.6. The highest BCUT2D eigenvalue weighted by atomic mass is 35.5. The number of nitrogens with zero attached hydrogens (tertiary/aromatic N) is 4. The predicted octanol–water partition coefficient (Wildman–Crippen LogP) is 4.31. The van der Waals surface area contributed by atoms with Gasteiger partial charge in [0.25, 0.3) is 0 Å². The molecule has 2 saturated heterocycles. The number of hydrogen-bond acceptors (Lipinski definition) is 6. The fourth-order valence-corrected chi connectivity index (χ4v) is 5.00. The van der Waals surface area contributed by atoms with E-state index in [9.17, 15) is 9.90 Å². The quantitative estimate of drug-likeness (QED) is 0.719. The van der Waals surface area contributed by atoms with Crippen molar-refractivity contribution in [3.63, 3.8) is 0 Å². The molecule has 2 aliphatic heterocycles. The molecule has 0 spiro atoms. The Morgan fingerprint density at radius 2 is 2.00 bits per heavy atom. The summed E-state index contributed by atoms with van der Waals surface area (Å²) >= 11 is 6.25. The number of anilines is 1. The van der Waals surface area contributed by atoms with Gasteiger partial charge in [-0.2, -0.15) is 5.10 Å². The van der Waals surface area contributed by atoms with Crippen molar-refractivity contribution in [3.05, 3.63) is 52.7 Å². The second-order valence-corrected chi connectivity index (χ2v) is 9.95. The number of ether oxygens (including phenoxy) is 1. The number of hydrogen-bond donors (Lipinski definition) is 1. The number of aromatic nitrogens is 2. The van der Waals surface area contributed by atoms with Crippen LogP contribution in [0.5, 0.6) is 0 Å². The zero-order valence-corrected chi connectivity index (χ0v) is 19.7. The van der Waals surface area contributed by atoms with E-state index in [0.717, 1.165) is 30.8 Å². The predicted molar refractivity (Wildman–Crippen MR) is 124 cm³/mol. The molecule has 2 aromatic rings. The van der Waals surface area contributed by atoms with Crippen LogP contribution in [0, 0.1) is 6.92 Å². The number of carbonyl (C=O) groups excluding carboxylic acids is 1. The summed E-state index contributed by atoms with van der Waals surface area (Å²) in [7, 11) is 0. The van der Waals surface area contributed by atoms with Gasteiger partial charge in [-0.1, -0.05) is 41.9 Å². The Morgan fingerprint density at radius 1 is 1.25 bits per heavy atom. The molecule has 2 fully saturated rings. The molecule has 4 rings (SSSR count). The van der Waals surface area contributed by atoms with Gasteiger partial charge >= 0.3 is 6.09 Å². The third kappa shape index (κ3) is 4.84. The Bertz CT molecular complexity index is 965. The minimum absolute atomic E-state index is 0.0223. The van der Waals surface area contributed by atoms with Gasteiger partial charge < -0.3 is 19.6 Å². The van der Waals surface area contributed by atoms with Crippen molar-refractivity contribution in [1.29, 1.82) is 0 Å². The molecule has 1 amide bonds. The number of benzene rings is 1. The summed E-state index contributed by atoms with van der Waals surface area (Å²) in [5.74, 6) is 0.733. The van der Waals surface area contributed by atoms with Gasteiger partial charge in [-0.25, -0.2) is 4.79 Å². The van der Waals surface area contributed by atoms with Crippen LogP contribution in [0.3, 0.4) is 0 Å². The fraction of sp³-hybridized carbons (Fsp3) is 0.542. The van der Waals surface area contributed by atoms with Crippen molar-refractivity contribution < 1.29 is 14.6 Å². The maximum Gasteiger partial charge on any atom is 0.410 e. The van der Waals surface area contributed by atoms with E-state index in [2.05, 4.69) is 15.1 Å². The molecule has 0 radical (unpaired) electrons. The molecule has 3 heterocycles. The lowest BCUT2D eigenvalue weighted by Crippen LogP contribution is -2.57. The SMILES string of the molecule is Cc1nnc(N2CCC[C@H](N3CC[C@](CC(C)(C)O)(c4ccccc4)OC3=O)C2)cc1Cl. The number of halogens is 1. The number of piperidine rings is 1. The highest BCUT2D eigenvalue weighted by molar-refractivity contribution is 6.31. The molecule has 7 nitrogen and oxygen atoms in total. The van der Waals surface area contributed by atoms with E-state index in [-0.39, 0.29) is 12.1 Å². The molecule has 2 atom stereocenters. The average Bonchev–Trinajstić information content (AvgIpc) is 2.75. The first-order valence-electron chi connectivity index (χ1n) is 11.2. The normalized spacial score (nSPS) is 24.4. The average molecular weight is 459 g/mol. The highest BCUT2D eigenvalue weighted by Gasteiger charge is 2.47. The van der Waals surface area contributed by atoms with Crippen molar-refractivity contribution in [2.45, 2.75) is 63.7 Å².